The molecule has 0 bridgehead atoms. The molecule has 0 saturated carbocycles. The quantitative estimate of drug-likeness (QED) is 0.723. The molecule has 4 rings (SSSR count). The van der Waals surface area contributed by atoms with Gasteiger partial charge in [0.15, 0.2) is 6.10 Å². The fourth-order valence-electron chi connectivity index (χ4n) is 3.17. The van der Waals surface area contributed by atoms with Gasteiger partial charge < -0.3 is 24.9 Å². The van der Waals surface area contributed by atoms with Gasteiger partial charge >= 0.3 is 0 Å². The fraction of sp³-hybridized carbons (Fsp3) is 0.353. The maximum absolute atomic E-state index is 10.2. The number of fused-ring (bicyclic) bond motifs is 1. The lowest BCUT2D eigenvalue weighted by atomic mass is 9.90. The zero-order valence-electron chi connectivity index (χ0n) is 12.3. The van der Waals surface area contributed by atoms with Gasteiger partial charge in [0.1, 0.15) is 12.2 Å². The molecular formula is C17H17NO5. The van der Waals surface area contributed by atoms with Gasteiger partial charge in [-0.2, -0.15) is 0 Å². The smallest absolute Gasteiger partial charge is 0.271 e. The summed E-state index contributed by atoms with van der Waals surface area (Å²) in [5.74, 6) is -1.44. The van der Waals surface area contributed by atoms with Crippen molar-refractivity contribution in [3.8, 4) is 0 Å². The van der Waals surface area contributed by atoms with Gasteiger partial charge in [0.05, 0.1) is 18.7 Å². The van der Waals surface area contributed by atoms with Crippen molar-refractivity contribution in [2.24, 2.45) is 5.16 Å². The summed E-state index contributed by atoms with van der Waals surface area (Å²) in [7, 11) is 0. The Labute approximate surface area is 132 Å². The standard InChI is InChI=1S/C17H17NO5/c19-14-9-22-17(16(21)15(14)20)8-13(18-23-17)12-7-3-5-10-4-1-2-6-11(10)12/h1-7,14-16,19-21H,8-9H2/t14-,15+,16-,17-/m1/s1. The highest BCUT2D eigenvalue weighted by Gasteiger charge is 2.55. The summed E-state index contributed by atoms with van der Waals surface area (Å²) in [4.78, 5) is 5.37. The summed E-state index contributed by atoms with van der Waals surface area (Å²) < 4.78 is 5.49. The predicted octanol–water partition coefficient (Wildman–Crippen LogP) is 0.773. The lowest BCUT2D eigenvalue weighted by Gasteiger charge is -2.40. The average molecular weight is 315 g/mol. The van der Waals surface area contributed by atoms with Crippen LogP contribution in [0.4, 0.5) is 0 Å². The van der Waals surface area contributed by atoms with Crippen LogP contribution < -0.4 is 0 Å². The Balaban J connectivity index is 1.68. The van der Waals surface area contributed by atoms with Gasteiger partial charge in [-0.3, -0.25) is 0 Å². The molecule has 2 aromatic carbocycles. The monoisotopic (exact) mass is 315 g/mol. The summed E-state index contributed by atoms with van der Waals surface area (Å²) in [5.41, 5.74) is 1.54. The molecule has 0 radical (unpaired) electrons. The Morgan fingerprint density at radius 2 is 1.83 bits per heavy atom. The third-order valence-electron chi connectivity index (χ3n) is 4.49. The van der Waals surface area contributed by atoms with Gasteiger partial charge in [-0.1, -0.05) is 47.6 Å². The molecule has 1 fully saturated rings. The number of hydrogen-bond acceptors (Lipinski definition) is 6. The first-order valence-electron chi connectivity index (χ1n) is 7.52. The average Bonchev–Trinajstić information content (AvgIpc) is 3.02. The van der Waals surface area contributed by atoms with E-state index in [2.05, 4.69) is 5.16 Å². The largest absolute Gasteiger partial charge is 0.388 e. The van der Waals surface area contributed by atoms with Crippen LogP contribution in [0.1, 0.15) is 12.0 Å². The maximum Gasteiger partial charge on any atom is 0.271 e. The van der Waals surface area contributed by atoms with Crippen molar-refractivity contribution in [1.82, 2.24) is 0 Å². The first-order chi connectivity index (χ1) is 11.1. The molecule has 0 aromatic heterocycles. The predicted molar refractivity (Wildman–Crippen MR) is 82.9 cm³/mol. The Bertz CT molecular complexity index is 771. The Morgan fingerprint density at radius 3 is 2.70 bits per heavy atom. The van der Waals surface area contributed by atoms with Gasteiger partial charge in [-0.05, 0) is 10.8 Å². The topological polar surface area (TPSA) is 91.5 Å². The number of rotatable bonds is 1. The van der Waals surface area contributed by atoms with Crippen LogP contribution in [0.15, 0.2) is 47.6 Å². The van der Waals surface area contributed by atoms with Crippen LogP contribution in [0.2, 0.25) is 0 Å². The second kappa shape index (κ2) is 5.28. The van der Waals surface area contributed by atoms with Crippen LogP contribution in [0.25, 0.3) is 10.8 Å². The van der Waals surface area contributed by atoms with Gasteiger partial charge in [-0.15, -0.1) is 0 Å². The van der Waals surface area contributed by atoms with E-state index in [1.165, 1.54) is 0 Å². The van der Waals surface area contributed by atoms with Crippen LogP contribution in [-0.2, 0) is 9.57 Å². The highest BCUT2D eigenvalue weighted by atomic mass is 16.8. The van der Waals surface area contributed by atoms with E-state index in [0.717, 1.165) is 16.3 Å². The minimum absolute atomic E-state index is 0.115. The normalized spacial score (nSPS) is 33.7. The second-order valence-electron chi connectivity index (χ2n) is 5.96. The van der Waals surface area contributed by atoms with Crippen LogP contribution in [0, 0.1) is 0 Å². The Morgan fingerprint density at radius 1 is 1.04 bits per heavy atom. The number of nitrogens with zero attached hydrogens (tertiary/aromatic N) is 1. The fourth-order valence-corrected chi connectivity index (χ4v) is 3.17. The second-order valence-corrected chi connectivity index (χ2v) is 5.96. The molecule has 1 saturated heterocycles. The van der Waals surface area contributed by atoms with Gasteiger partial charge in [-0.25, -0.2) is 0 Å². The molecule has 2 heterocycles. The molecule has 2 aliphatic heterocycles. The van der Waals surface area contributed by atoms with Crippen LogP contribution >= 0.6 is 0 Å². The zero-order valence-corrected chi connectivity index (χ0v) is 12.3. The third-order valence-corrected chi connectivity index (χ3v) is 4.49. The van der Waals surface area contributed by atoms with E-state index in [1.807, 2.05) is 42.5 Å². The van der Waals surface area contributed by atoms with E-state index in [1.54, 1.807) is 0 Å². The molecule has 120 valence electrons. The first-order valence-corrected chi connectivity index (χ1v) is 7.52. The van der Waals surface area contributed by atoms with E-state index in [-0.39, 0.29) is 13.0 Å². The summed E-state index contributed by atoms with van der Waals surface area (Å²) in [6.07, 6.45) is -3.64. The molecule has 6 heteroatoms. The number of aliphatic hydroxyl groups excluding tert-OH is 3. The molecule has 0 unspecified atom stereocenters. The van der Waals surface area contributed by atoms with Crippen LogP contribution in [-0.4, -0.2) is 51.7 Å². The number of benzene rings is 2. The third kappa shape index (κ3) is 2.22. The lowest BCUT2D eigenvalue weighted by Crippen LogP contribution is -2.60. The molecule has 23 heavy (non-hydrogen) atoms. The Hall–Kier alpha value is -1.99. The summed E-state index contributed by atoms with van der Waals surface area (Å²) in [5, 5.41) is 35.9. The molecule has 0 amide bonds. The van der Waals surface area contributed by atoms with E-state index in [4.69, 9.17) is 9.57 Å². The van der Waals surface area contributed by atoms with Gasteiger partial charge in [0.2, 0.25) is 0 Å². The first kappa shape index (κ1) is 14.6. The van der Waals surface area contributed by atoms with Crippen LogP contribution in [0.5, 0.6) is 0 Å². The van der Waals surface area contributed by atoms with Crippen molar-refractivity contribution >= 4 is 16.5 Å². The molecule has 3 N–H and O–H groups in total. The van der Waals surface area contributed by atoms with E-state index in [9.17, 15) is 15.3 Å². The lowest BCUT2D eigenvalue weighted by molar-refractivity contribution is -0.328. The summed E-state index contributed by atoms with van der Waals surface area (Å²) in [6, 6.07) is 13.8. The number of ether oxygens (including phenoxy) is 1. The minimum Gasteiger partial charge on any atom is -0.388 e. The molecule has 6 nitrogen and oxygen atoms in total. The zero-order chi connectivity index (χ0) is 16.0. The maximum atomic E-state index is 10.2. The minimum atomic E-state index is -1.44. The summed E-state index contributed by atoms with van der Waals surface area (Å²) in [6.45, 7) is -0.115. The number of aliphatic hydroxyl groups is 3. The van der Waals surface area contributed by atoms with E-state index in [0.29, 0.717) is 5.71 Å². The SMILES string of the molecule is O[C@H]1[C@H](O)CO[C@@]2(CC(c3cccc4ccccc34)=NO2)[C@@H]1O. The van der Waals surface area contributed by atoms with Gasteiger partial charge in [0, 0.05) is 5.56 Å². The number of hydrogen-bond donors (Lipinski definition) is 3. The van der Waals surface area contributed by atoms with Crippen molar-refractivity contribution in [3.63, 3.8) is 0 Å². The molecule has 2 aromatic rings. The molecular weight excluding hydrogens is 298 g/mol. The number of oxime groups is 1. The van der Waals surface area contributed by atoms with Crippen molar-refractivity contribution in [2.45, 2.75) is 30.5 Å². The van der Waals surface area contributed by atoms with Crippen molar-refractivity contribution < 1.29 is 24.9 Å². The van der Waals surface area contributed by atoms with Crippen molar-refractivity contribution in [2.75, 3.05) is 6.61 Å². The van der Waals surface area contributed by atoms with Gasteiger partial charge in [0.25, 0.3) is 5.79 Å². The van der Waals surface area contributed by atoms with Crippen molar-refractivity contribution in [1.29, 1.82) is 0 Å². The molecule has 2 aliphatic rings. The summed E-state index contributed by atoms with van der Waals surface area (Å²) >= 11 is 0. The van der Waals surface area contributed by atoms with Crippen LogP contribution in [0.3, 0.4) is 0 Å². The molecule has 4 atom stereocenters. The highest BCUT2D eigenvalue weighted by Crippen LogP contribution is 2.37. The molecule has 0 aliphatic carbocycles. The highest BCUT2D eigenvalue weighted by molar-refractivity contribution is 6.11. The van der Waals surface area contributed by atoms with E-state index < -0.39 is 24.1 Å². The van der Waals surface area contributed by atoms with Crippen molar-refractivity contribution in [3.05, 3.63) is 48.0 Å². The molecule has 1 spiro atoms. The Kier molecular flexibility index (Phi) is 3.35. The van der Waals surface area contributed by atoms with E-state index >= 15 is 0 Å².